The lowest BCUT2D eigenvalue weighted by molar-refractivity contribution is 0.394. The van der Waals surface area contributed by atoms with Crippen molar-refractivity contribution in [3.05, 3.63) is 58.1 Å². The molecule has 0 aromatic heterocycles. The maximum absolute atomic E-state index is 9.38. The third-order valence-corrected chi connectivity index (χ3v) is 3.54. The Balaban J connectivity index is 2.45. The van der Waals surface area contributed by atoms with Crippen LogP contribution in [-0.4, -0.2) is 14.2 Å². The quantitative estimate of drug-likeness (QED) is 0.604. The van der Waals surface area contributed by atoms with Crippen LogP contribution >= 0.6 is 15.9 Å². The lowest BCUT2D eigenvalue weighted by Gasteiger charge is -2.08. The molecule has 0 aliphatic carbocycles. The normalized spacial score (nSPS) is 10.9. The van der Waals surface area contributed by atoms with Crippen LogP contribution in [0.3, 0.4) is 0 Å². The Morgan fingerprint density at radius 2 is 1.81 bits per heavy atom. The van der Waals surface area contributed by atoms with E-state index in [1.165, 1.54) is 0 Å². The van der Waals surface area contributed by atoms with Crippen molar-refractivity contribution in [3.63, 3.8) is 0 Å². The van der Waals surface area contributed by atoms with Crippen LogP contribution in [0.15, 0.2) is 46.9 Å². The van der Waals surface area contributed by atoms with Crippen molar-refractivity contribution in [2.45, 2.75) is 0 Å². The molecule has 0 spiro atoms. The van der Waals surface area contributed by atoms with Crippen molar-refractivity contribution < 1.29 is 9.47 Å². The van der Waals surface area contributed by atoms with Gasteiger partial charge in [-0.15, -0.1) is 0 Å². The zero-order valence-electron chi connectivity index (χ0n) is 11.8. The summed E-state index contributed by atoms with van der Waals surface area (Å²) < 4.78 is 11.5. The van der Waals surface area contributed by atoms with Gasteiger partial charge in [0.2, 0.25) is 0 Å². The van der Waals surface area contributed by atoms with Crippen LogP contribution < -0.4 is 9.47 Å². The second kappa shape index (κ2) is 6.96. The first-order valence-electron chi connectivity index (χ1n) is 6.27. The number of rotatable bonds is 4. The van der Waals surface area contributed by atoms with Crippen LogP contribution in [0.4, 0.5) is 0 Å². The molecule has 0 atom stereocenters. The van der Waals surface area contributed by atoms with E-state index < -0.39 is 0 Å². The summed E-state index contributed by atoms with van der Waals surface area (Å²) in [5.74, 6) is 1.38. The van der Waals surface area contributed by atoms with Gasteiger partial charge in [0.1, 0.15) is 11.5 Å². The van der Waals surface area contributed by atoms with E-state index in [1.807, 2.05) is 42.5 Å². The topological polar surface area (TPSA) is 42.2 Å². The van der Waals surface area contributed by atoms with Crippen LogP contribution in [0, 0.1) is 11.3 Å². The molecule has 2 aromatic carbocycles. The van der Waals surface area contributed by atoms with E-state index in [2.05, 4.69) is 22.0 Å². The maximum atomic E-state index is 9.38. The van der Waals surface area contributed by atoms with Crippen molar-refractivity contribution in [2.24, 2.45) is 0 Å². The Kier molecular flexibility index (Phi) is 5.02. The molecule has 0 heterocycles. The molecule has 0 saturated carbocycles. The number of nitriles is 1. The lowest BCUT2D eigenvalue weighted by Crippen LogP contribution is -1.90. The first-order valence-corrected chi connectivity index (χ1v) is 7.07. The molecule has 0 N–H and O–H groups in total. The molecule has 0 bridgehead atoms. The highest BCUT2D eigenvalue weighted by atomic mass is 79.9. The number of allylic oxidation sites excluding steroid dienone is 1. The molecule has 2 aromatic rings. The summed E-state index contributed by atoms with van der Waals surface area (Å²) in [4.78, 5) is 0. The molecule has 4 heteroatoms. The molecule has 3 nitrogen and oxygen atoms in total. The number of hydrogen-bond acceptors (Lipinski definition) is 3. The predicted octanol–water partition coefficient (Wildman–Crippen LogP) is 4.53. The SMILES string of the molecule is COc1ccc(/C=C(/C#N)c2ccc(Br)cc2)c(OC)c1. The van der Waals surface area contributed by atoms with Gasteiger partial charge < -0.3 is 9.47 Å². The Morgan fingerprint density at radius 1 is 1.10 bits per heavy atom. The Bertz CT molecular complexity index is 700. The molecule has 2 rings (SSSR count). The number of nitrogens with zero attached hydrogens (tertiary/aromatic N) is 1. The van der Waals surface area contributed by atoms with E-state index in [0.717, 1.165) is 15.6 Å². The van der Waals surface area contributed by atoms with Crippen LogP contribution in [0.2, 0.25) is 0 Å². The number of ether oxygens (including phenoxy) is 2. The molecule has 0 fully saturated rings. The minimum absolute atomic E-state index is 0.575. The molecule has 0 amide bonds. The third-order valence-electron chi connectivity index (χ3n) is 3.02. The maximum Gasteiger partial charge on any atom is 0.129 e. The molecular weight excluding hydrogens is 330 g/mol. The van der Waals surface area contributed by atoms with Crippen molar-refractivity contribution in [3.8, 4) is 17.6 Å². The van der Waals surface area contributed by atoms with E-state index in [9.17, 15) is 5.26 Å². The van der Waals surface area contributed by atoms with E-state index >= 15 is 0 Å². The van der Waals surface area contributed by atoms with Crippen LogP contribution in [0.5, 0.6) is 11.5 Å². The second-order valence-electron chi connectivity index (χ2n) is 4.28. The first-order chi connectivity index (χ1) is 10.2. The fraction of sp³-hybridized carbons (Fsp3) is 0.118. The average molecular weight is 344 g/mol. The molecule has 0 aliphatic heterocycles. The summed E-state index contributed by atoms with van der Waals surface area (Å²) in [6, 6.07) is 15.3. The largest absolute Gasteiger partial charge is 0.497 e. The fourth-order valence-electron chi connectivity index (χ4n) is 1.90. The Morgan fingerprint density at radius 3 is 2.38 bits per heavy atom. The zero-order valence-corrected chi connectivity index (χ0v) is 13.3. The monoisotopic (exact) mass is 343 g/mol. The van der Waals surface area contributed by atoms with Gasteiger partial charge in [0.25, 0.3) is 0 Å². The standard InChI is InChI=1S/C17H14BrNO2/c1-20-16-8-5-13(17(10-16)21-2)9-14(11-19)12-3-6-15(18)7-4-12/h3-10H,1-2H3/b14-9-. The van der Waals surface area contributed by atoms with Crippen LogP contribution in [0.25, 0.3) is 11.6 Å². The third kappa shape index (κ3) is 3.65. The van der Waals surface area contributed by atoms with Gasteiger partial charge in [0.15, 0.2) is 0 Å². The lowest BCUT2D eigenvalue weighted by atomic mass is 10.0. The summed E-state index contributed by atoms with van der Waals surface area (Å²) in [6.45, 7) is 0. The Hall–Kier alpha value is -2.25. The minimum Gasteiger partial charge on any atom is -0.497 e. The van der Waals surface area contributed by atoms with Crippen molar-refractivity contribution in [1.82, 2.24) is 0 Å². The van der Waals surface area contributed by atoms with E-state index in [0.29, 0.717) is 17.1 Å². The predicted molar refractivity (Wildman–Crippen MR) is 87.2 cm³/mol. The molecule has 21 heavy (non-hydrogen) atoms. The van der Waals surface area contributed by atoms with Crippen molar-refractivity contribution >= 4 is 27.6 Å². The highest BCUT2D eigenvalue weighted by Gasteiger charge is 2.06. The van der Waals surface area contributed by atoms with Crippen molar-refractivity contribution in [2.75, 3.05) is 14.2 Å². The summed E-state index contributed by atoms with van der Waals surface area (Å²) >= 11 is 3.39. The zero-order chi connectivity index (χ0) is 15.2. The fourth-order valence-corrected chi connectivity index (χ4v) is 2.17. The molecule has 0 saturated heterocycles. The first kappa shape index (κ1) is 15.1. The van der Waals surface area contributed by atoms with E-state index in [1.54, 1.807) is 20.3 Å². The number of halogens is 1. The molecular formula is C17H14BrNO2. The van der Waals surface area contributed by atoms with Gasteiger partial charge in [-0.3, -0.25) is 0 Å². The van der Waals surface area contributed by atoms with Gasteiger partial charge in [-0.05, 0) is 35.9 Å². The highest BCUT2D eigenvalue weighted by Crippen LogP contribution is 2.28. The van der Waals surface area contributed by atoms with Crippen molar-refractivity contribution in [1.29, 1.82) is 5.26 Å². The summed E-state index contributed by atoms with van der Waals surface area (Å²) in [6.07, 6.45) is 1.81. The Labute approximate surface area is 132 Å². The number of benzene rings is 2. The highest BCUT2D eigenvalue weighted by molar-refractivity contribution is 9.10. The van der Waals surface area contributed by atoms with Crippen LogP contribution in [-0.2, 0) is 0 Å². The van der Waals surface area contributed by atoms with E-state index in [4.69, 9.17) is 9.47 Å². The molecule has 106 valence electrons. The minimum atomic E-state index is 0.575. The summed E-state index contributed by atoms with van der Waals surface area (Å²) in [5.41, 5.74) is 2.27. The summed E-state index contributed by atoms with van der Waals surface area (Å²) in [5, 5.41) is 9.38. The summed E-state index contributed by atoms with van der Waals surface area (Å²) in [7, 11) is 3.20. The van der Waals surface area contributed by atoms with Gasteiger partial charge in [-0.2, -0.15) is 5.26 Å². The van der Waals surface area contributed by atoms with Gasteiger partial charge in [0.05, 0.1) is 25.9 Å². The van der Waals surface area contributed by atoms with E-state index in [-0.39, 0.29) is 0 Å². The van der Waals surface area contributed by atoms with Crippen LogP contribution in [0.1, 0.15) is 11.1 Å². The van der Waals surface area contributed by atoms with Gasteiger partial charge >= 0.3 is 0 Å². The van der Waals surface area contributed by atoms with Gasteiger partial charge in [-0.1, -0.05) is 28.1 Å². The molecule has 0 radical (unpaired) electrons. The second-order valence-corrected chi connectivity index (χ2v) is 5.20. The number of hydrogen-bond donors (Lipinski definition) is 0. The molecule has 0 aliphatic rings. The van der Waals surface area contributed by atoms with Gasteiger partial charge in [0, 0.05) is 16.1 Å². The number of methoxy groups -OCH3 is 2. The smallest absolute Gasteiger partial charge is 0.129 e. The van der Waals surface area contributed by atoms with Gasteiger partial charge in [-0.25, -0.2) is 0 Å². The molecule has 0 unspecified atom stereocenters. The average Bonchev–Trinajstić information content (AvgIpc) is 2.53.